The van der Waals surface area contributed by atoms with Gasteiger partial charge in [-0.3, -0.25) is 0 Å². The van der Waals surface area contributed by atoms with Crippen LogP contribution < -0.4 is 10.1 Å². The summed E-state index contributed by atoms with van der Waals surface area (Å²) in [5, 5.41) is 2.85. The van der Waals surface area contributed by atoms with Crippen LogP contribution in [0.15, 0.2) is 48.5 Å². The predicted molar refractivity (Wildman–Crippen MR) is 94.8 cm³/mol. The molecule has 2 amide bonds. The average Bonchev–Trinajstić information content (AvgIpc) is 3.12. The number of hydrogen-bond acceptors (Lipinski definition) is 2. The van der Waals surface area contributed by atoms with Gasteiger partial charge in [-0.2, -0.15) is 0 Å². The molecular weight excluding hydrogens is 338 g/mol. The first-order valence-corrected chi connectivity index (χ1v) is 8.76. The summed E-state index contributed by atoms with van der Waals surface area (Å²) in [6, 6.07) is 12.3. The number of para-hydroxylation sites is 1. The van der Waals surface area contributed by atoms with Crippen molar-refractivity contribution in [3.63, 3.8) is 0 Å². The van der Waals surface area contributed by atoms with Gasteiger partial charge in [0.1, 0.15) is 5.82 Å². The molecule has 0 bridgehead atoms. The number of carbonyl (C=O) groups is 1. The number of hydrogen-bond donors (Lipinski definition) is 1. The van der Waals surface area contributed by atoms with Crippen molar-refractivity contribution in [2.75, 3.05) is 19.7 Å². The molecule has 2 aromatic rings. The van der Waals surface area contributed by atoms with Crippen LogP contribution in [0.1, 0.15) is 18.4 Å². The summed E-state index contributed by atoms with van der Waals surface area (Å²) in [5.74, 6) is -0.0430. The zero-order chi connectivity index (χ0) is 18.4. The van der Waals surface area contributed by atoms with Crippen LogP contribution in [0.4, 0.5) is 13.6 Å². The van der Waals surface area contributed by atoms with Gasteiger partial charge < -0.3 is 15.0 Å². The molecule has 3 rings (SSSR count). The Morgan fingerprint density at radius 1 is 1.15 bits per heavy atom. The minimum atomic E-state index is -0.360. The zero-order valence-electron chi connectivity index (χ0n) is 14.5. The highest BCUT2D eigenvalue weighted by Gasteiger charge is 2.26. The maximum absolute atomic E-state index is 13.5. The number of urea groups is 1. The molecule has 1 aliphatic heterocycles. The van der Waals surface area contributed by atoms with Gasteiger partial charge in [0.2, 0.25) is 0 Å². The Morgan fingerprint density at radius 2 is 1.92 bits per heavy atom. The van der Waals surface area contributed by atoms with E-state index in [0.29, 0.717) is 32.2 Å². The molecule has 0 saturated carbocycles. The van der Waals surface area contributed by atoms with Crippen molar-refractivity contribution in [2.24, 2.45) is 5.92 Å². The smallest absolute Gasteiger partial charge is 0.317 e. The van der Waals surface area contributed by atoms with Crippen LogP contribution in [0.2, 0.25) is 0 Å². The maximum Gasteiger partial charge on any atom is 0.317 e. The zero-order valence-corrected chi connectivity index (χ0v) is 14.5. The van der Waals surface area contributed by atoms with E-state index >= 15 is 0 Å². The molecular formula is C20H22F2N2O2. The Labute approximate surface area is 151 Å². The quantitative estimate of drug-likeness (QED) is 0.847. The molecule has 4 nitrogen and oxygen atoms in total. The van der Waals surface area contributed by atoms with Crippen LogP contribution >= 0.6 is 0 Å². The molecule has 26 heavy (non-hydrogen) atoms. The van der Waals surface area contributed by atoms with E-state index in [1.165, 1.54) is 18.2 Å². The van der Waals surface area contributed by atoms with Crippen LogP contribution in [0, 0.1) is 17.6 Å². The Kier molecular flexibility index (Phi) is 6.04. The van der Waals surface area contributed by atoms with Crippen molar-refractivity contribution in [2.45, 2.75) is 19.4 Å². The average molecular weight is 360 g/mol. The summed E-state index contributed by atoms with van der Waals surface area (Å²) in [5.41, 5.74) is 0.855. The van der Waals surface area contributed by atoms with Crippen molar-refractivity contribution in [1.29, 1.82) is 0 Å². The number of ether oxygens (including phenoxy) is 1. The molecule has 0 spiro atoms. The van der Waals surface area contributed by atoms with Crippen LogP contribution in [0.25, 0.3) is 0 Å². The monoisotopic (exact) mass is 360 g/mol. The van der Waals surface area contributed by atoms with Gasteiger partial charge in [0, 0.05) is 19.6 Å². The van der Waals surface area contributed by atoms with Gasteiger partial charge in [0.15, 0.2) is 11.6 Å². The van der Waals surface area contributed by atoms with Crippen LogP contribution in [-0.2, 0) is 6.54 Å². The van der Waals surface area contributed by atoms with Crippen molar-refractivity contribution in [3.8, 4) is 5.75 Å². The Hall–Kier alpha value is -2.63. The van der Waals surface area contributed by atoms with Crippen LogP contribution in [0.5, 0.6) is 5.75 Å². The first-order chi connectivity index (χ1) is 12.6. The third-order valence-corrected chi connectivity index (χ3v) is 4.55. The first-order valence-electron chi connectivity index (χ1n) is 8.76. The van der Waals surface area contributed by atoms with E-state index in [4.69, 9.17) is 4.74 Å². The number of nitrogens with zero attached hydrogens (tertiary/aromatic N) is 1. The molecule has 6 heteroatoms. The molecule has 1 atom stereocenters. The number of amides is 2. The number of carbonyl (C=O) groups excluding carboxylic acids is 1. The minimum absolute atomic E-state index is 0.119. The van der Waals surface area contributed by atoms with E-state index in [2.05, 4.69) is 5.32 Å². The molecule has 0 aromatic heterocycles. The number of rotatable bonds is 6. The topological polar surface area (TPSA) is 41.6 Å². The van der Waals surface area contributed by atoms with Crippen molar-refractivity contribution >= 4 is 6.03 Å². The Balaban J connectivity index is 1.38. The van der Waals surface area contributed by atoms with Crippen molar-refractivity contribution in [1.82, 2.24) is 10.2 Å². The van der Waals surface area contributed by atoms with Crippen molar-refractivity contribution in [3.05, 3.63) is 65.7 Å². The lowest BCUT2D eigenvalue weighted by Gasteiger charge is -2.17. The molecule has 0 aliphatic carbocycles. The molecule has 0 radical (unpaired) electrons. The number of nitrogens with one attached hydrogen (secondary N) is 1. The van der Waals surface area contributed by atoms with E-state index < -0.39 is 0 Å². The highest BCUT2D eigenvalue weighted by Crippen LogP contribution is 2.21. The fourth-order valence-electron chi connectivity index (χ4n) is 3.04. The number of likely N-dealkylation sites (tertiary alicyclic amines) is 1. The fourth-order valence-corrected chi connectivity index (χ4v) is 3.04. The largest absolute Gasteiger partial charge is 0.491 e. The standard InChI is InChI=1S/C20H22F2N2O2/c21-17-7-5-15(6-8-17)13-23-20(25)24-11-9-16(14-24)10-12-26-19-4-2-1-3-18(19)22/h1-8,16H,9-14H2,(H,23,25). The molecule has 1 N–H and O–H groups in total. The van der Waals surface area contributed by atoms with Crippen LogP contribution in [-0.4, -0.2) is 30.6 Å². The minimum Gasteiger partial charge on any atom is -0.491 e. The predicted octanol–water partition coefficient (Wildman–Crippen LogP) is 3.97. The van der Waals surface area contributed by atoms with E-state index in [0.717, 1.165) is 18.4 Å². The lowest BCUT2D eigenvalue weighted by molar-refractivity contribution is 0.204. The number of benzene rings is 2. The van der Waals surface area contributed by atoms with Gasteiger partial charge in [-0.15, -0.1) is 0 Å². The Bertz CT molecular complexity index is 737. The summed E-state index contributed by atoms with van der Waals surface area (Å²) < 4.78 is 31.9. The molecule has 1 saturated heterocycles. The van der Waals surface area contributed by atoms with E-state index in [-0.39, 0.29) is 23.4 Å². The van der Waals surface area contributed by atoms with Gasteiger partial charge in [-0.25, -0.2) is 13.6 Å². The van der Waals surface area contributed by atoms with Crippen LogP contribution in [0.3, 0.4) is 0 Å². The lowest BCUT2D eigenvalue weighted by Crippen LogP contribution is -2.38. The molecule has 1 unspecified atom stereocenters. The van der Waals surface area contributed by atoms with Gasteiger partial charge in [-0.1, -0.05) is 24.3 Å². The van der Waals surface area contributed by atoms with Gasteiger partial charge in [0.25, 0.3) is 0 Å². The summed E-state index contributed by atoms with van der Waals surface area (Å²) in [4.78, 5) is 14.0. The summed E-state index contributed by atoms with van der Waals surface area (Å²) in [6.07, 6.45) is 1.68. The van der Waals surface area contributed by atoms with E-state index in [1.807, 2.05) is 0 Å². The van der Waals surface area contributed by atoms with Crippen molar-refractivity contribution < 1.29 is 18.3 Å². The Morgan fingerprint density at radius 3 is 2.69 bits per heavy atom. The van der Waals surface area contributed by atoms with E-state index in [9.17, 15) is 13.6 Å². The molecule has 138 valence electrons. The SMILES string of the molecule is O=C(NCc1ccc(F)cc1)N1CCC(CCOc2ccccc2F)C1. The normalized spacial score (nSPS) is 16.5. The highest BCUT2D eigenvalue weighted by molar-refractivity contribution is 5.74. The highest BCUT2D eigenvalue weighted by atomic mass is 19.1. The first kappa shape index (κ1) is 18.2. The lowest BCUT2D eigenvalue weighted by atomic mass is 10.1. The molecule has 1 fully saturated rings. The van der Waals surface area contributed by atoms with E-state index in [1.54, 1.807) is 35.2 Å². The molecule has 2 aromatic carbocycles. The summed E-state index contributed by atoms with van der Waals surface area (Å²) >= 11 is 0. The van der Waals surface area contributed by atoms with Gasteiger partial charge in [-0.05, 0) is 48.6 Å². The number of halogens is 2. The molecule has 1 heterocycles. The van der Waals surface area contributed by atoms with Gasteiger partial charge in [0.05, 0.1) is 6.61 Å². The summed E-state index contributed by atoms with van der Waals surface area (Å²) in [7, 11) is 0. The second-order valence-corrected chi connectivity index (χ2v) is 6.45. The molecule has 1 aliphatic rings. The third kappa shape index (κ3) is 4.94. The third-order valence-electron chi connectivity index (χ3n) is 4.55. The fraction of sp³-hybridized carbons (Fsp3) is 0.350. The maximum atomic E-state index is 13.5. The second kappa shape index (κ2) is 8.65. The summed E-state index contributed by atoms with van der Waals surface area (Å²) in [6.45, 7) is 2.16. The second-order valence-electron chi connectivity index (χ2n) is 6.45. The van der Waals surface area contributed by atoms with Gasteiger partial charge >= 0.3 is 6.03 Å².